The molecule has 40 heavy (non-hydrogen) atoms. The van der Waals surface area contributed by atoms with E-state index in [0.717, 1.165) is 33.7 Å². The van der Waals surface area contributed by atoms with E-state index < -0.39 is 28.5 Å². The van der Waals surface area contributed by atoms with Crippen molar-refractivity contribution >= 4 is 50.7 Å². The summed E-state index contributed by atoms with van der Waals surface area (Å²) >= 11 is 12.2. The summed E-state index contributed by atoms with van der Waals surface area (Å²) < 4.78 is 26.7. The van der Waals surface area contributed by atoms with Crippen molar-refractivity contribution in [2.45, 2.75) is 52.2 Å². The monoisotopic (exact) mass is 603 g/mol. The van der Waals surface area contributed by atoms with Crippen molar-refractivity contribution in [3.63, 3.8) is 0 Å². The first kappa shape index (κ1) is 31.5. The lowest BCUT2D eigenvalue weighted by Gasteiger charge is -2.34. The minimum Gasteiger partial charge on any atom is -0.352 e. The van der Waals surface area contributed by atoms with E-state index in [4.69, 9.17) is 23.2 Å². The lowest BCUT2D eigenvalue weighted by molar-refractivity contribution is -0.140. The molecule has 0 saturated carbocycles. The number of sulfonamides is 1. The van der Waals surface area contributed by atoms with Crippen LogP contribution in [0.4, 0.5) is 5.69 Å². The first-order valence-corrected chi connectivity index (χ1v) is 15.6. The summed E-state index contributed by atoms with van der Waals surface area (Å²) in [6, 6.07) is 20.5. The Kier molecular flexibility index (Phi) is 11.0. The highest BCUT2D eigenvalue weighted by atomic mass is 35.5. The van der Waals surface area contributed by atoms with Crippen molar-refractivity contribution in [2.75, 3.05) is 17.1 Å². The number of hydrogen-bond donors (Lipinski definition) is 1. The maximum Gasteiger partial charge on any atom is 0.244 e. The second kappa shape index (κ2) is 14.0. The van der Waals surface area contributed by atoms with Gasteiger partial charge in [-0.3, -0.25) is 13.9 Å². The number of nitrogens with one attached hydrogen (secondary N) is 1. The number of hydrogen-bond acceptors (Lipinski definition) is 4. The largest absolute Gasteiger partial charge is 0.352 e. The van der Waals surface area contributed by atoms with E-state index in [-0.39, 0.29) is 40.6 Å². The molecule has 0 bridgehead atoms. The third-order valence-electron chi connectivity index (χ3n) is 6.58. The Balaban J connectivity index is 2.07. The highest BCUT2D eigenvalue weighted by molar-refractivity contribution is 7.92. The first-order valence-electron chi connectivity index (χ1n) is 13.0. The number of anilines is 1. The third kappa shape index (κ3) is 8.71. The summed E-state index contributed by atoms with van der Waals surface area (Å²) in [7, 11) is -3.90. The highest BCUT2D eigenvalue weighted by Gasteiger charge is 2.33. The molecule has 0 aliphatic carbocycles. The molecule has 0 saturated heterocycles. The Labute approximate surface area is 247 Å². The number of nitrogens with zero attached hydrogens (tertiary/aromatic N) is 2. The Morgan fingerprint density at radius 1 is 0.925 bits per heavy atom. The van der Waals surface area contributed by atoms with Crippen LogP contribution in [0.25, 0.3) is 0 Å². The zero-order valence-electron chi connectivity index (χ0n) is 23.1. The van der Waals surface area contributed by atoms with Crippen molar-refractivity contribution < 1.29 is 18.0 Å². The summed E-state index contributed by atoms with van der Waals surface area (Å²) in [5.41, 5.74) is 2.90. The lowest BCUT2D eigenvalue weighted by Crippen LogP contribution is -2.54. The van der Waals surface area contributed by atoms with E-state index in [9.17, 15) is 18.0 Å². The number of rotatable bonds is 12. The van der Waals surface area contributed by atoms with Crippen molar-refractivity contribution in [1.82, 2.24) is 10.2 Å². The minimum atomic E-state index is -3.90. The van der Waals surface area contributed by atoms with Gasteiger partial charge < -0.3 is 10.2 Å². The van der Waals surface area contributed by atoms with Gasteiger partial charge >= 0.3 is 0 Å². The fourth-order valence-electron chi connectivity index (χ4n) is 4.26. The molecule has 2 amide bonds. The SMILES string of the molecule is CCC(C)NC(=O)C(Cc1ccccc1)N(Cc1cccc(C)c1)C(=O)CN(c1ccc(Cl)c(Cl)c1)S(C)(=O)=O. The second-order valence-corrected chi connectivity index (χ2v) is 12.6. The molecule has 0 aliphatic heterocycles. The number of aryl methyl sites for hydroxylation is 1. The van der Waals surface area contributed by atoms with Crippen molar-refractivity contribution in [3.8, 4) is 0 Å². The predicted molar refractivity (Wildman–Crippen MR) is 162 cm³/mol. The van der Waals surface area contributed by atoms with Crippen LogP contribution in [0.15, 0.2) is 72.8 Å². The maximum atomic E-state index is 14.1. The fraction of sp³-hybridized carbons (Fsp3) is 0.333. The van der Waals surface area contributed by atoms with Crippen LogP contribution < -0.4 is 9.62 Å². The van der Waals surface area contributed by atoms with Gasteiger partial charge in [0.25, 0.3) is 0 Å². The molecule has 0 heterocycles. The minimum absolute atomic E-state index is 0.106. The molecule has 0 aliphatic rings. The standard InChI is InChI=1S/C30H35Cl2N3O4S/c1-5-22(3)33-30(37)28(17-23-11-7-6-8-12-23)34(19-24-13-9-10-21(2)16-24)29(36)20-35(40(4,38)39)25-14-15-26(31)27(32)18-25/h6-16,18,22,28H,5,17,19-20H2,1-4H3,(H,33,37). The average molecular weight is 605 g/mol. The lowest BCUT2D eigenvalue weighted by atomic mass is 10.0. The van der Waals surface area contributed by atoms with Gasteiger partial charge in [-0.1, -0.05) is 90.3 Å². The van der Waals surface area contributed by atoms with Crippen LogP contribution >= 0.6 is 23.2 Å². The van der Waals surface area contributed by atoms with Crippen LogP contribution in [0.3, 0.4) is 0 Å². The summed E-state index contributed by atoms with van der Waals surface area (Å²) in [5, 5.41) is 3.43. The molecular formula is C30H35Cl2N3O4S. The van der Waals surface area contributed by atoms with E-state index in [1.807, 2.05) is 75.4 Å². The molecule has 3 rings (SSSR count). The van der Waals surface area contributed by atoms with Crippen molar-refractivity contribution in [1.29, 1.82) is 0 Å². The molecule has 0 aromatic heterocycles. The van der Waals surface area contributed by atoms with Crippen LogP contribution in [0.2, 0.25) is 10.0 Å². The van der Waals surface area contributed by atoms with Crippen LogP contribution in [0.5, 0.6) is 0 Å². The summed E-state index contributed by atoms with van der Waals surface area (Å²) in [4.78, 5) is 29.2. The molecule has 2 unspecified atom stereocenters. The zero-order chi connectivity index (χ0) is 29.4. The normalized spacial score (nSPS) is 12.8. The zero-order valence-corrected chi connectivity index (χ0v) is 25.4. The predicted octanol–water partition coefficient (Wildman–Crippen LogP) is 5.62. The van der Waals surface area contributed by atoms with Crippen LogP contribution in [0.1, 0.15) is 37.0 Å². The topological polar surface area (TPSA) is 86.8 Å². The molecule has 0 spiro atoms. The van der Waals surface area contributed by atoms with Gasteiger partial charge in [-0.25, -0.2) is 8.42 Å². The summed E-state index contributed by atoms with van der Waals surface area (Å²) in [6.07, 6.45) is 1.99. The van der Waals surface area contributed by atoms with Gasteiger partial charge in [0.15, 0.2) is 0 Å². The number of carbonyl (C=O) groups is 2. The average Bonchev–Trinajstić information content (AvgIpc) is 2.90. The summed E-state index contributed by atoms with van der Waals surface area (Å²) in [6.45, 7) is 5.41. The van der Waals surface area contributed by atoms with Crippen LogP contribution in [0, 0.1) is 6.92 Å². The fourth-order valence-corrected chi connectivity index (χ4v) is 5.39. The van der Waals surface area contributed by atoms with Gasteiger partial charge in [-0.05, 0) is 49.6 Å². The quantitative estimate of drug-likeness (QED) is 0.291. The summed E-state index contributed by atoms with van der Waals surface area (Å²) in [5.74, 6) is -0.835. The molecule has 3 aromatic rings. The van der Waals surface area contributed by atoms with E-state index in [1.54, 1.807) is 0 Å². The van der Waals surface area contributed by atoms with Crippen molar-refractivity contribution in [2.24, 2.45) is 0 Å². The van der Waals surface area contributed by atoms with Crippen LogP contribution in [-0.4, -0.2) is 50.0 Å². The molecular weight excluding hydrogens is 569 g/mol. The first-order chi connectivity index (χ1) is 18.9. The van der Waals surface area contributed by atoms with Gasteiger partial charge in [0.05, 0.1) is 22.0 Å². The van der Waals surface area contributed by atoms with Gasteiger partial charge in [-0.2, -0.15) is 0 Å². The number of amides is 2. The number of carbonyl (C=O) groups excluding carboxylic acids is 2. The third-order valence-corrected chi connectivity index (χ3v) is 8.46. The van der Waals surface area contributed by atoms with Gasteiger partial charge in [0.2, 0.25) is 21.8 Å². The molecule has 3 aromatic carbocycles. The van der Waals surface area contributed by atoms with Crippen LogP contribution in [-0.2, 0) is 32.6 Å². The molecule has 10 heteroatoms. The van der Waals surface area contributed by atoms with E-state index >= 15 is 0 Å². The van der Waals surface area contributed by atoms with Crippen molar-refractivity contribution in [3.05, 3.63) is 99.5 Å². The van der Waals surface area contributed by atoms with E-state index in [0.29, 0.717) is 0 Å². The van der Waals surface area contributed by atoms with E-state index in [2.05, 4.69) is 5.32 Å². The van der Waals surface area contributed by atoms with Gasteiger partial charge in [0.1, 0.15) is 12.6 Å². The maximum absolute atomic E-state index is 14.1. The molecule has 2 atom stereocenters. The molecule has 1 N–H and O–H groups in total. The highest BCUT2D eigenvalue weighted by Crippen LogP contribution is 2.29. The Bertz CT molecular complexity index is 1430. The van der Waals surface area contributed by atoms with Gasteiger partial charge in [-0.15, -0.1) is 0 Å². The Hall–Kier alpha value is -3.07. The number of benzene rings is 3. The number of halogens is 2. The molecule has 7 nitrogen and oxygen atoms in total. The molecule has 214 valence electrons. The molecule has 0 fully saturated rings. The Morgan fingerprint density at radius 2 is 1.60 bits per heavy atom. The Morgan fingerprint density at radius 3 is 2.20 bits per heavy atom. The second-order valence-electron chi connectivity index (χ2n) is 9.90. The molecule has 0 radical (unpaired) electrons. The van der Waals surface area contributed by atoms with E-state index in [1.165, 1.54) is 23.1 Å². The smallest absolute Gasteiger partial charge is 0.244 e. The van der Waals surface area contributed by atoms with Gasteiger partial charge in [0, 0.05) is 19.0 Å².